The summed E-state index contributed by atoms with van der Waals surface area (Å²) in [5.41, 5.74) is 4.17. The predicted molar refractivity (Wildman–Crippen MR) is 145 cm³/mol. The Kier molecular flexibility index (Phi) is 7.39. The number of hydrogen-bond acceptors (Lipinski definition) is 6. The van der Waals surface area contributed by atoms with E-state index in [1.807, 2.05) is 37.1 Å². The van der Waals surface area contributed by atoms with Crippen molar-refractivity contribution in [2.24, 2.45) is 0 Å². The molecule has 2 aliphatic rings. The second kappa shape index (κ2) is 10.8. The number of piperazine rings is 2. The number of aromatic nitrogens is 2. The molecule has 5 rings (SSSR count). The minimum atomic E-state index is 0.125. The van der Waals surface area contributed by atoms with Crippen LogP contribution in [0.4, 0.5) is 11.6 Å². The number of aryl methyl sites for hydroxylation is 2. The Morgan fingerprint density at radius 3 is 2.33 bits per heavy atom. The summed E-state index contributed by atoms with van der Waals surface area (Å²) in [6.07, 6.45) is 3.69. The van der Waals surface area contributed by atoms with Gasteiger partial charge in [0.2, 0.25) is 0 Å². The summed E-state index contributed by atoms with van der Waals surface area (Å²) in [5.74, 6) is 1.97. The lowest BCUT2D eigenvalue weighted by Crippen LogP contribution is -2.49. The number of amides is 1. The molecule has 0 atom stereocenters. The first kappa shape index (κ1) is 24.5. The molecule has 1 aromatic carbocycles. The van der Waals surface area contributed by atoms with E-state index in [1.165, 1.54) is 5.56 Å². The highest BCUT2D eigenvalue weighted by atomic mass is 35.5. The molecule has 0 aliphatic carbocycles. The van der Waals surface area contributed by atoms with E-state index in [4.69, 9.17) is 11.6 Å². The van der Waals surface area contributed by atoms with E-state index in [1.54, 1.807) is 6.20 Å². The SMILES string of the molecule is Cc1ccc(N2CCN(C(=O)c3cc(CN4CCN(c5ncccc5Cl)CC4)ccc3C)CC2)nc1. The lowest BCUT2D eigenvalue weighted by atomic mass is 10.0. The highest BCUT2D eigenvalue weighted by Gasteiger charge is 2.25. The highest BCUT2D eigenvalue weighted by molar-refractivity contribution is 6.32. The lowest BCUT2D eigenvalue weighted by Gasteiger charge is -2.36. The molecule has 3 aromatic rings. The second-order valence-electron chi connectivity index (χ2n) is 9.69. The van der Waals surface area contributed by atoms with E-state index in [9.17, 15) is 4.79 Å². The largest absolute Gasteiger partial charge is 0.353 e. The number of rotatable bonds is 5. The maximum absolute atomic E-state index is 13.4. The molecule has 0 radical (unpaired) electrons. The van der Waals surface area contributed by atoms with Gasteiger partial charge in [-0.1, -0.05) is 29.8 Å². The Morgan fingerprint density at radius 2 is 1.64 bits per heavy atom. The number of nitrogens with zero attached hydrogens (tertiary/aromatic N) is 6. The van der Waals surface area contributed by atoms with Gasteiger partial charge in [-0.15, -0.1) is 0 Å². The summed E-state index contributed by atoms with van der Waals surface area (Å²) in [6.45, 7) is 11.5. The van der Waals surface area contributed by atoms with Crippen LogP contribution in [0.1, 0.15) is 27.0 Å². The molecule has 0 bridgehead atoms. The van der Waals surface area contributed by atoms with E-state index in [2.05, 4.69) is 55.0 Å². The van der Waals surface area contributed by atoms with Gasteiger partial charge in [-0.25, -0.2) is 9.97 Å². The van der Waals surface area contributed by atoms with Gasteiger partial charge in [-0.05, 0) is 54.8 Å². The fourth-order valence-corrected chi connectivity index (χ4v) is 5.18. The van der Waals surface area contributed by atoms with Crippen molar-refractivity contribution in [1.29, 1.82) is 0 Å². The Balaban J connectivity index is 1.18. The molecule has 2 saturated heterocycles. The van der Waals surface area contributed by atoms with Crippen molar-refractivity contribution in [3.63, 3.8) is 0 Å². The zero-order valence-electron chi connectivity index (χ0n) is 21.0. The lowest BCUT2D eigenvalue weighted by molar-refractivity contribution is 0.0745. The fourth-order valence-electron chi connectivity index (χ4n) is 4.94. The Morgan fingerprint density at radius 1 is 0.889 bits per heavy atom. The van der Waals surface area contributed by atoms with Crippen molar-refractivity contribution in [1.82, 2.24) is 19.8 Å². The Labute approximate surface area is 218 Å². The summed E-state index contributed by atoms with van der Waals surface area (Å²) in [5, 5.41) is 0.698. The molecule has 8 heteroatoms. The first-order chi connectivity index (χ1) is 17.5. The van der Waals surface area contributed by atoms with Crippen LogP contribution in [-0.2, 0) is 6.54 Å². The number of benzene rings is 1. The number of carbonyl (C=O) groups is 1. The van der Waals surface area contributed by atoms with Crippen LogP contribution in [0.15, 0.2) is 54.9 Å². The molecule has 2 aliphatic heterocycles. The van der Waals surface area contributed by atoms with Gasteiger partial charge in [-0.3, -0.25) is 9.69 Å². The minimum absolute atomic E-state index is 0.125. The van der Waals surface area contributed by atoms with E-state index < -0.39 is 0 Å². The molecule has 36 heavy (non-hydrogen) atoms. The van der Waals surface area contributed by atoms with Gasteiger partial charge in [0.05, 0.1) is 5.02 Å². The number of carbonyl (C=O) groups excluding carboxylic acids is 1. The average molecular weight is 505 g/mol. The summed E-state index contributed by atoms with van der Waals surface area (Å²) in [6, 6.07) is 14.2. The first-order valence-electron chi connectivity index (χ1n) is 12.6. The molecule has 0 unspecified atom stereocenters. The van der Waals surface area contributed by atoms with Crippen LogP contribution >= 0.6 is 11.6 Å². The van der Waals surface area contributed by atoms with Crippen molar-refractivity contribution in [3.8, 4) is 0 Å². The molecule has 0 saturated carbocycles. The molecule has 188 valence electrons. The highest BCUT2D eigenvalue weighted by Crippen LogP contribution is 2.24. The van der Waals surface area contributed by atoms with Crippen LogP contribution in [0.2, 0.25) is 5.02 Å². The van der Waals surface area contributed by atoms with E-state index >= 15 is 0 Å². The van der Waals surface area contributed by atoms with Gasteiger partial charge < -0.3 is 14.7 Å². The monoisotopic (exact) mass is 504 g/mol. The van der Waals surface area contributed by atoms with Crippen LogP contribution in [0.5, 0.6) is 0 Å². The van der Waals surface area contributed by atoms with Crippen molar-refractivity contribution < 1.29 is 4.79 Å². The smallest absolute Gasteiger partial charge is 0.254 e. The zero-order chi connectivity index (χ0) is 25.1. The van der Waals surface area contributed by atoms with Crippen LogP contribution in [0.25, 0.3) is 0 Å². The number of anilines is 2. The van der Waals surface area contributed by atoms with Gasteiger partial charge in [0.15, 0.2) is 0 Å². The van der Waals surface area contributed by atoms with Crippen molar-refractivity contribution in [2.45, 2.75) is 20.4 Å². The summed E-state index contributed by atoms with van der Waals surface area (Å²) < 4.78 is 0. The third-order valence-corrected chi connectivity index (χ3v) is 7.43. The molecule has 2 fully saturated rings. The zero-order valence-corrected chi connectivity index (χ0v) is 21.8. The first-order valence-corrected chi connectivity index (χ1v) is 13.0. The average Bonchev–Trinajstić information content (AvgIpc) is 2.91. The fraction of sp³-hybridized carbons (Fsp3) is 0.393. The maximum Gasteiger partial charge on any atom is 0.254 e. The van der Waals surface area contributed by atoms with Gasteiger partial charge in [0, 0.05) is 76.9 Å². The van der Waals surface area contributed by atoms with Crippen LogP contribution in [-0.4, -0.2) is 78.0 Å². The molecule has 7 nitrogen and oxygen atoms in total. The third-order valence-electron chi connectivity index (χ3n) is 7.14. The van der Waals surface area contributed by atoms with Gasteiger partial charge in [0.25, 0.3) is 5.91 Å². The second-order valence-corrected chi connectivity index (χ2v) is 10.1. The van der Waals surface area contributed by atoms with Crippen molar-refractivity contribution >= 4 is 29.1 Å². The maximum atomic E-state index is 13.4. The topological polar surface area (TPSA) is 55.8 Å². The predicted octanol–water partition coefficient (Wildman–Crippen LogP) is 4.03. The normalized spacial score (nSPS) is 16.9. The Bertz CT molecular complexity index is 1200. The minimum Gasteiger partial charge on any atom is -0.353 e. The van der Waals surface area contributed by atoms with Crippen molar-refractivity contribution in [2.75, 3.05) is 62.2 Å². The molecular weight excluding hydrogens is 472 g/mol. The van der Waals surface area contributed by atoms with Crippen LogP contribution < -0.4 is 9.80 Å². The van der Waals surface area contributed by atoms with E-state index in [-0.39, 0.29) is 5.91 Å². The molecule has 1 amide bonds. The van der Waals surface area contributed by atoms with Crippen LogP contribution in [0, 0.1) is 13.8 Å². The molecule has 0 spiro atoms. The Hall–Kier alpha value is -3.16. The van der Waals surface area contributed by atoms with Gasteiger partial charge >= 0.3 is 0 Å². The van der Waals surface area contributed by atoms with Gasteiger partial charge in [0.1, 0.15) is 11.6 Å². The van der Waals surface area contributed by atoms with Crippen LogP contribution in [0.3, 0.4) is 0 Å². The molecular formula is C28H33ClN6O. The standard InChI is InChI=1S/C28H33ClN6O/c1-21-5-8-26(31-19-21)33-14-16-35(17-15-33)28(36)24-18-23(7-6-22(24)2)20-32-10-12-34(13-11-32)27-25(29)4-3-9-30-27/h3-9,18-19H,10-17,20H2,1-2H3. The molecule has 2 aromatic heterocycles. The number of halogens is 1. The number of pyridine rings is 2. The van der Waals surface area contributed by atoms with Crippen molar-refractivity contribution in [3.05, 3.63) is 82.1 Å². The van der Waals surface area contributed by atoms with Gasteiger partial charge in [-0.2, -0.15) is 0 Å². The summed E-state index contributed by atoms with van der Waals surface area (Å²) >= 11 is 6.33. The number of hydrogen-bond donors (Lipinski definition) is 0. The summed E-state index contributed by atoms with van der Waals surface area (Å²) in [4.78, 5) is 31.3. The van der Waals surface area contributed by atoms with E-state index in [0.29, 0.717) is 18.1 Å². The molecule has 0 N–H and O–H groups in total. The summed E-state index contributed by atoms with van der Waals surface area (Å²) in [7, 11) is 0. The van der Waals surface area contributed by atoms with E-state index in [0.717, 1.165) is 74.1 Å². The quantitative estimate of drug-likeness (QED) is 0.523. The third kappa shape index (κ3) is 5.47. The molecule has 4 heterocycles.